The monoisotopic (exact) mass is 299 g/mol. The van der Waals surface area contributed by atoms with E-state index >= 15 is 0 Å². The highest BCUT2D eigenvalue weighted by molar-refractivity contribution is 5.80. The zero-order chi connectivity index (χ0) is 16.3. The lowest BCUT2D eigenvalue weighted by atomic mass is 9.78. The quantitative estimate of drug-likeness (QED) is 0.759. The highest BCUT2D eigenvalue weighted by Gasteiger charge is 2.44. The fourth-order valence-electron chi connectivity index (χ4n) is 3.47. The van der Waals surface area contributed by atoms with Gasteiger partial charge in [0, 0.05) is 24.0 Å². The van der Waals surface area contributed by atoms with Gasteiger partial charge in [-0.3, -0.25) is 9.69 Å². The minimum absolute atomic E-state index is 0.000709. The first-order valence-corrected chi connectivity index (χ1v) is 7.65. The maximum absolute atomic E-state index is 11.5. The van der Waals surface area contributed by atoms with Gasteiger partial charge in [0.15, 0.2) is 0 Å². The van der Waals surface area contributed by atoms with E-state index in [0.717, 1.165) is 0 Å². The Balaban J connectivity index is 2.49. The van der Waals surface area contributed by atoms with Gasteiger partial charge >= 0.3 is 5.97 Å². The number of ether oxygens (including phenoxy) is 1. The molecule has 0 aliphatic carbocycles. The molecule has 0 radical (unpaired) electrons. The maximum Gasteiger partial charge on any atom is 0.306 e. The summed E-state index contributed by atoms with van der Waals surface area (Å²) < 4.78 is 5.21. The normalized spacial score (nSPS) is 22.0. The van der Waals surface area contributed by atoms with Gasteiger partial charge in [-0.05, 0) is 47.5 Å². The van der Waals surface area contributed by atoms with Crippen molar-refractivity contribution < 1.29 is 19.4 Å². The van der Waals surface area contributed by atoms with Gasteiger partial charge in [-0.1, -0.05) is 0 Å². The summed E-state index contributed by atoms with van der Waals surface area (Å²) in [6.45, 7) is 10.8. The van der Waals surface area contributed by atoms with Crippen molar-refractivity contribution in [1.29, 1.82) is 0 Å². The van der Waals surface area contributed by atoms with E-state index in [1.807, 2.05) is 0 Å². The summed E-state index contributed by atoms with van der Waals surface area (Å²) in [5, 5.41) is 9.99. The van der Waals surface area contributed by atoms with Crippen molar-refractivity contribution in [1.82, 2.24) is 4.90 Å². The Kier molecular flexibility index (Phi) is 5.93. The molecule has 122 valence electrons. The standard InChI is InChI=1S/C16H29NO4/c1-12(18)6-7-14(20)21-9-8-17-15(2,3)10-13(19)11-16(17,4)5/h13,19H,6-11H2,1-5H3. The molecule has 0 aromatic carbocycles. The van der Waals surface area contributed by atoms with Gasteiger partial charge in [0.1, 0.15) is 12.4 Å². The molecule has 1 saturated heterocycles. The molecule has 0 atom stereocenters. The number of carbonyl (C=O) groups is 2. The van der Waals surface area contributed by atoms with Crippen LogP contribution in [-0.4, -0.2) is 52.1 Å². The average Bonchev–Trinajstić information content (AvgIpc) is 2.28. The van der Waals surface area contributed by atoms with E-state index < -0.39 is 0 Å². The molecule has 1 fully saturated rings. The van der Waals surface area contributed by atoms with Crippen molar-refractivity contribution in [2.75, 3.05) is 13.2 Å². The molecule has 5 heteroatoms. The number of aliphatic hydroxyl groups excluding tert-OH is 1. The second-order valence-electron chi connectivity index (χ2n) is 7.26. The maximum atomic E-state index is 11.5. The van der Waals surface area contributed by atoms with Crippen molar-refractivity contribution >= 4 is 11.8 Å². The molecule has 0 bridgehead atoms. The van der Waals surface area contributed by atoms with E-state index in [1.54, 1.807) is 0 Å². The van der Waals surface area contributed by atoms with Gasteiger partial charge in [-0.2, -0.15) is 0 Å². The van der Waals surface area contributed by atoms with Crippen LogP contribution >= 0.6 is 0 Å². The molecule has 0 spiro atoms. The first kappa shape index (κ1) is 18.1. The summed E-state index contributed by atoms with van der Waals surface area (Å²) in [7, 11) is 0. The molecule has 5 nitrogen and oxygen atoms in total. The van der Waals surface area contributed by atoms with E-state index in [0.29, 0.717) is 26.0 Å². The largest absolute Gasteiger partial charge is 0.464 e. The Bertz CT molecular complexity index is 372. The smallest absolute Gasteiger partial charge is 0.306 e. The Morgan fingerprint density at radius 3 is 2.14 bits per heavy atom. The molecule has 1 heterocycles. The molecule has 1 rings (SSSR count). The van der Waals surface area contributed by atoms with Crippen LogP contribution in [0.25, 0.3) is 0 Å². The first-order chi connectivity index (χ1) is 9.54. The van der Waals surface area contributed by atoms with Crippen LogP contribution in [0, 0.1) is 0 Å². The number of aliphatic hydroxyl groups is 1. The van der Waals surface area contributed by atoms with Crippen LogP contribution in [0.3, 0.4) is 0 Å². The lowest BCUT2D eigenvalue weighted by Crippen LogP contribution is -2.62. The molecule has 0 unspecified atom stereocenters. The Morgan fingerprint density at radius 2 is 1.67 bits per heavy atom. The fraction of sp³-hybridized carbons (Fsp3) is 0.875. The molecule has 1 aliphatic rings. The topological polar surface area (TPSA) is 66.8 Å². The van der Waals surface area contributed by atoms with Crippen LogP contribution in [0.4, 0.5) is 0 Å². The van der Waals surface area contributed by atoms with Gasteiger partial charge in [-0.15, -0.1) is 0 Å². The summed E-state index contributed by atoms with van der Waals surface area (Å²) >= 11 is 0. The van der Waals surface area contributed by atoms with Crippen molar-refractivity contribution in [2.24, 2.45) is 0 Å². The van der Waals surface area contributed by atoms with Gasteiger partial charge in [0.05, 0.1) is 12.5 Å². The van der Waals surface area contributed by atoms with Crippen molar-refractivity contribution in [3.8, 4) is 0 Å². The fourth-order valence-corrected chi connectivity index (χ4v) is 3.47. The number of esters is 1. The minimum atomic E-state index is -0.321. The lowest BCUT2D eigenvalue weighted by molar-refractivity contribution is -0.148. The predicted molar refractivity (Wildman–Crippen MR) is 81.0 cm³/mol. The van der Waals surface area contributed by atoms with E-state index in [2.05, 4.69) is 32.6 Å². The number of hydrogen-bond acceptors (Lipinski definition) is 5. The van der Waals surface area contributed by atoms with Gasteiger partial charge in [-0.25, -0.2) is 0 Å². The van der Waals surface area contributed by atoms with E-state index in [9.17, 15) is 14.7 Å². The Morgan fingerprint density at radius 1 is 1.14 bits per heavy atom. The molecule has 0 amide bonds. The first-order valence-electron chi connectivity index (χ1n) is 7.65. The third-order valence-corrected chi connectivity index (χ3v) is 4.19. The van der Waals surface area contributed by atoms with Crippen LogP contribution in [0.1, 0.15) is 60.3 Å². The summed E-state index contributed by atoms with van der Waals surface area (Å²) in [4.78, 5) is 24.7. The zero-order valence-corrected chi connectivity index (χ0v) is 13.9. The zero-order valence-electron chi connectivity index (χ0n) is 13.9. The van der Waals surface area contributed by atoms with Gasteiger partial charge < -0.3 is 14.6 Å². The number of Topliss-reactive ketones (excluding diaryl/α,β-unsaturated/α-hetero) is 1. The second kappa shape index (κ2) is 6.88. The number of rotatable bonds is 6. The average molecular weight is 299 g/mol. The second-order valence-corrected chi connectivity index (χ2v) is 7.26. The summed E-state index contributed by atoms with van der Waals surface area (Å²) in [5.74, 6) is -0.322. The lowest BCUT2D eigenvalue weighted by Gasteiger charge is -2.54. The number of ketones is 1. The van der Waals surface area contributed by atoms with E-state index in [4.69, 9.17) is 4.74 Å². The molecular weight excluding hydrogens is 270 g/mol. The van der Waals surface area contributed by atoms with Crippen molar-refractivity contribution in [3.63, 3.8) is 0 Å². The Labute approximate surface area is 127 Å². The molecule has 21 heavy (non-hydrogen) atoms. The van der Waals surface area contributed by atoms with Crippen LogP contribution in [0.2, 0.25) is 0 Å². The summed E-state index contributed by atoms with van der Waals surface area (Å²) in [6, 6.07) is 0. The highest BCUT2D eigenvalue weighted by atomic mass is 16.5. The van der Waals surface area contributed by atoms with Crippen LogP contribution in [0.5, 0.6) is 0 Å². The summed E-state index contributed by atoms with van der Waals surface area (Å²) in [5.41, 5.74) is -0.264. The molecular formula is C16H29NO4. The SMILES string of the molecule is CC(=O)CCC(=O)OCCN1C(C)(C)CC(O)CC1(C)C. The van der Waals surface area contributed by atoms with Crippen molar-refractivity contribution in [3.05, 3.63) is 0 Å². The van der Waals surface area contributed by atoms with Gasteiger partial charge in [0.2, 0.25) is 0 Å². The number of carbonyl (C=O) groups excluding carboxylic acids is 2. The molecule has 1 aliphatic heterocycles. The third kappa shape index (κ3) is 5.40. The number of likely N-dealkylation sites (tertiary alicyclic amines) is 1. The minimum Gasteiger partial charge on any atom is -0.464 e. The molecule has 1 N–H and O–H groups in total. The number of nitrogens with zero attached hydrogens (tertiary/aromatic N) is 1. The molecule has 0 aromatic heterocycles. The Hall–Kier alpha value is -0.940. The predicted octanol–water partition coefficient (Wildman–Crippen LogP) is 1.91. The molecule has 0 saturated carbocycles. The van der Waals surface area contributed by atoms with Crippen molar-refractivity contribution in [2.45, 2.75) is 77.5 Å². The van der Waals surface area contributed by atoms with Crippen LogP contribution in [0.15, 0.2) is 0 Å². The summed E-state index contributed by atoms with van der Waals surface area (Å²) in [6.07, 6.45) is 1.54. The highest BCUT2D eigenvalue weighted by Crippen LogP contribution is 2.37. The van der Waals surface area contributed by atoms with E-state index in [-0.39, 0.29) is 41.8 Å². The van der Waals surface area contributed by atoms with E-state index in [1.165, 1.54) is 6.92 Å². The molecule has 0 aromatic rings. The third-order valence-electron chi connectivity index (χ3n) is 4.19. The van der Waals surface area contributed by atoms with Crippen LogP contribution < -0.4 is 0 Å². The number of hydrogen-bond donors (Lipinski definition) is 1. The van der Waals surface area contributed by atoms with Crippen LogP contribution in [-0.2, 0) is 14.3 Å². The number of piperidine rings is 1. The van der Waals surface area contributed by atoms with Gasteiger partial charge in [0.25, 0.3) is 0 Å².